The second-order valence-corrected chi connectivity index (χ2v) is 5.00. The molecule has 0 aromatic heterocycles. The summed E-state index contributed by atoms with van der Waals surface area (Å²) in [5.41, 5.74) is 0.0658. The van der Waals surface area contributed by atoms with Crippen molar-refractivity contribution in [2.75, 3.05) is 7.11 Å². The van der Waals surface area contributed by atoms with Crippen molar-refractivity contribution in [2.24, 2.45) is 0 Å². The van der Waals surface area contributed by atoms with Gasteiger partial charge in [-0.15, -0.1) is 12.6 Å². The third-order valence-electron chi connectivity index (χ3n) is 2.52. The molecule has 4 heteroatoms. The normalized spacial score (nSPS) is 17.6. The SMILES string of the molecule is COc1cc(S)cc2c1C(=O)CC(C)(C)O2. The van der Waals surface area contributed by atoms with E-state index in [0.717, 1.165) is 4.90 Å². The van der Waals surface area contributed by atoms with Gasteiger partial charge in [-0.05, 0) is 26.0 Å². The van der Waals surface area contributed by atoms with Crippen LogP contribution in [0.1, 0.15) is 30.6 Å². The Bertz CT molecular complexity index is 452. The number of fused-ring (bicyclic) bond motifs is 1. The van der Waals surface area contributed by atoms with Crippen LogP contribution in [0.25, 0.3) is 0 Å². The fourth-order valence-electron chi connectivity index (χ4n) is 1.90. The molecule has 0 fully saturated rings. The van der Waals surface area contributed by atoms with Gasteiger partial charge >= 0.3 is 0 Å². The van der Waals surface area contributed by atoms with Crippen LogP contribution < -0.4 is 9.47 Å². The number of benzene rings is 1. The van der Waals surface area contributed by atoms with Crippen LogP contribution in [0.3, 0.4) is 0 Å². The van der Waals surface area contributed by atoms with E-state index in [0.29, 0.717) is 23.5 Å². The quantitative estimate of drug-likeness (QED) is 0.764. The van der Waals surface area contributed by atoms with E-state index in [1.807, 2.05) is 13.8 Å². The first-order chi connectivity index (χ1) is 7.43. The third-order valence-corrected chi connectivity index (χ3v) is 2.78. The number of ether oxygens (including phenoxy) is 2. The Morgan fingerprint density at radius 2 is 2.12 bits per heavy atom. The maximum Gasteiger partial charge on any atom is 0.174 e. The minimum Gasteiger partial charge on any atom is -0.496 e. The minimum absolute atomic E-state index is 0.0523. The number of ketones is 1. The van der Waals surface area contributed by atoms with Gasteiger partial charge in [-0.25, -0.2) is 0 Å². The first-order valence-corrected chi connectivity index (χ1v) is 5.51. The molecule has 86 valence electrons. The molecule has 1 aromatic rings. The zero-order chi connectivity index (χ0) is 11.9. The largest absolute Gasteiger partial charge is 0.496 e. The van der Waals surface area contributed by atoms with E-state index in [4.69, 9.17) is 9.47 Å². The summed E-state index contributed by atoms with van der Waals surface area (Å²) in [5.74, 6) is 1.14. The average molecular weight is 238 g/mol. The predicted molar refractivity (Wildman–Crippen MR) is 63.9 cm³/mol. The highest BCUT2D eigenvalue weighted by atomic mass is 32.1. The number of carbonyl (C=O) groups is 1. The number of hydrogen-bond donors (Lipinski definition) is 1. The maximum atomic E-state index is 12.0. The van der Waals surface area contributed by atoms with E-state index in [9.17, 15) is 4.79 Å². The summed E-state index contributed by atoms with van der Waals surface area (Å²) in [7, 11) is 1.54. The van der Waals surface area contributed by atoms with Crippen molar-refractivity contribution in [1.82, 2.24) is 0 Å². The molecule has 0 N–H and O–H groups in total. The van der Waals surface area contributed by atoms with Crippen molar-refractivity contribution in [2.45, 2.75) is 30.8 Å². The Morgan fingerprint density at radius 3 is 2.75 bits per heavy atom. The van der Waals surface area contributed by atoms with Crippen LogP contribution in [-0.4, -0.2) is 18.5 Å². The molecule has 1 aromatic carbocycles. The monoisotopic (exact) mass is 238 g/mol. The fraction of sp³-hybridized carbons (Fsp3) is 0.417. The smallest absolute Gasteiger partial charge is 0.174 e. The molecule has 0 spiro atoms. The molecule has 3 nitrogen and oxygen atoms in total. The number of carbonyl (C=O) groups excluding carboxylic acids is 1. The van der Waals surface area contributed by atoms with Gasteiger partial charge in [0, 0.05) is 4.90 Å². The predicted octanol–water partition coefficient (Wildman–Crippen LogP) is 2.73. The van der Waals surface area contributed by atoms with Crippen LogP contribution in [0, 0.1) is 0 Å². The van der Waals surface area contributed by atoms with Gasteiger partial charge in [0.15, 0.2) is 5.78 Å². The maximum absolute atomic E-state index is 12.0. The number of methoxy groups -OCH3 is 1. The lowest BCUT2D eigenvalue weighted by molar-refractivity contribution is 0.0612. The molecule has 16 heavy (non-hydrogen) atoms. The number of thiol groups is 1. The van der Waals surface area contributed by atoms with Crippen molar-refractivity contribution in [3.05, 3.63) is 17.7 Å². The lowest BCUT2D eigenvalue weighted by atomic mass is 9.92. The second-order valence-electron chi connectivity index (χ2n) is 4.48. The van der Waals surface area contributed by atoms with Crippen molar-refractivity contribution < 1.29 is 14.3 Å². The lowest BCUT2D eigenvalue weighted by Gasteiger charge is -2.32. The molecular formula is C12H14O3S. The van der Waals surface area contributed by atoms with Gasteiger partial charge < -0.3 is 9.47 Å². The van der Waals surface area contributed by atoms with E-state index in [2.05, 4.69) is 12.6 Å². The lowest BCUT2D eigenvalue weighted by Crippen LogP contribution is -2.36. The average Bonchev–Trinajstić information content (AvgIpc) is 2.13. The van der Waals surface area contributed by atoms with Gasteiger partial charge in [-0.1, -0.05) is 0 Å². The molecule has 1 heterocycles. The molecule has 1 aliphatic heterocycles. The molecule has 0 saturated carbocycles. The molecule has 0 bridgehead atoms. The molecule has 0 unspecified atom stereocenters. The summed E-state index contributed by atoms with van der Waals surface area (Å²) in [4.78, 5) is 12.7. The first-order valence-electron chi connectivity index (χ1n) is 5.06. The molecule has 0 radical (unpaired) electrons. The van der Waals surface area contributed by atoms with Crippen molar-refractivity contribution in [3.8, 4) is 11.5 Å². The van der Waals surface area contributed by atoms with E-state index in [-0.39, 0.29) is 5.78 Å². The molecule has 0 amide bonds. The molecule has 1 aliphatic rings. The van der Waals surface area contributed by atoms with Gasteiger partial charge in [0.25, 0.3) is 0 Å². The molecule has 2 rings (SSSR count). The second kappa shape index (κ2) is 3.70. The van der Waals surface area contributed by atoms with Crippen LogP contribution in [0.2, 0.25) is 0 Å². The summed E-state index contributed by atoms with van der Waals surface area (Å²) in [5, 5.41) is 0. The summed E-state index contributed by atoms with van der Waals surface area (Å²) in [6.07, 6.45) is 0.363. The van der Waals surface area contributed by atoms with Crippen molar-refractivity contribution in [1.29, 1.82) is 0 Å². The zero-order valence-corrected chi connectivity index (χ0v) is 10.4. The van der Waals surface area contributed by atoms with Crippen molar-refractivity contribution >= 4 is 18.4 Å². The zero-order valence-electron chi connectivity index (χ0n) is 9.53. The van der Waals surface area contributed by atoms with Gasteiger partial charge in [0.2, 0.25) is 0 Å². The number of hydrogen-bond acceptors (Lipinski definition) is 4. The standard InChI is InChI=1S/C12H14O3S/c1-12(2)6-8(13)11-9(14-3)4-7(16)5-10(11)15-12/h4-5,16H,6H2,1-3H3. The molecule has 0 atom stereocenters. The van der Waals surface area contributed by atoms with Gasteiger partial charge in [-0.2, -0.15) is 0 Å². The van der Waals surface area contributed by atoms with Crippen LogP contribution in [0.5, 0.6) is 11.5 Å². The van der Waals surface area contributed by atoms with Gasteiger partial charge in [0.05, 0.1) is 13.5 Å². The number of rotatable bonds is 1. The Kier molecular flexibility index (Phi) is 2.62. The van der Waals surface area contributed by atoms with Gasteiger partial charge in [-0.3, -0.25) is 4.79 Å². The van der Waals surface area contributed by atoms with E-state index >= 15 is 0 Å². The van der Waals surface area contributed by atoms with Crippen LogP contribution in [0.4, 0.5) is 0 Å². The Hall–Kier alpha value is -1.16. The Morgan fingerprint density at radius 1 is 1.44 bits per heavy atom. The number of Topliss-reactive ketones (excluding diaryl/α,β-unsaturated/α-hetero) is 1. The highest BCUT2D eigenvalue weighted by molar-refractivity contribution is 7.80. The summed E-state index contributed by atoms with van der Waals surface area (Å²) in [6.45, 7) is 3.79. The first kappa shape index (κ1) is 11.3. The molecular weight excluding hydrogens is 224 g/mol. The van der Waals surface area contributed by atoms with Crippen LogP contribution in [0.15, 0.2) is 17.0 Å². The topological polar surface area (TPSA) is 35.5 Å². The fourth-order valence-corrected chi connectivity index (χ4v) is 2.14. The Labute approximate surface area is 100 Å². The van der Waals surface area contributed by atoms with E-state index in [1.165, 1.54) is 7.11 Å². The van der Waals surface area contributed by atoms with E-state index < -0.39 is 5.60 Å². The highest BCUT2D eigenvalue weighted by Crippen LogP contribution is 2.39. The summed E-state index contributed by atoms with van der Waals surface area (Å²) >= 11 is 4.26. The van der Waals surface area contributed by atoms with E-state index in [1.54, 1.807) is 12.1 Å². The molecule has 0 aliphatic carbocycles. The third kappa shape index (κ3) is 1.89. The van der Waals surface area contributed by atoms with Gasteiger partial charge in [0.1, 0.15) is 22.7 Å². The summed E-state index contributed by atoms with van der Waals surface area (Å²) in [6, 6.07) is 3.47. The Balaban J connectivity index is 2.60. The summed E-state index contributed by atoms with van der Waals surface area (Å²) < 4.78 is 10.9. The highest BCUT2D eigenvalue weighted by Gasteiger charge is 2.34. The van der Waals surface area contributed by atoms with Crippen LogP contribution in [-0.2, 0) is 0 Å². The van der Waals surface area contributed by atoms with Crippen molar-refractivity contribution in [3.63, 3.8) is 0 Å². The minimum atomic E-state index is -0.462. The molecule has 0 saturated heterocycles. The van der Waals surface area contributed by atoms with Crippen LogP contribution >= 0.6 is 12.6 Å².